The summed E-state index contributed by atoms with van der Waals surface area (Å²) in [4.78, 5) is 50.3. The van der Waals surface area contributed by atoms with E-state index < -0.39 is 16.7 Å². The predicted octanol–water partition coefficient (Wildman–Crippen LogP) is 4.43. The highest BCUT2D eigenvalue weighted by molar-refractivity contribution is 6.36. The first-order valence-corrected chi connectivity index (χ1v) is 11.6. The van der Waals surface area contributed by atoms with Gasteiger partial charge in [0.2, 0.25) is 5.95 Å². The van der Waals surface area contributed by atoms with Crippen LogP contribution in [0.3, 0.4) is 0 Å². The second-order valence-corrected chi connectivity index (χ2v) is 8.98. The average molecular weight is 508 g/mol. The van der Waals surface area contributed by atoms with Crippen molar-refractivity contribution in [3.05, 3.63) is 87.4 Å². The van der Waals surface area contributed by atoms with Gasteiger partial charge in [0.15, 0.2) is 5.82 Å². The van der Waals surface area contributed by atoms with Gasteiger partial charge in [-0.2, -0.15) is 5.10 Å². The molecule has 12 nitrogen and oxygen atoms in total. The topological polar surface area (TPSA) is 152 Å². The quantitative estimate of drug-likeness (QED) is 0.201. The molecule has 0 aliphatic carbocycles. The van der Waals surface area contributed by atoms with Crippen LogP contribution in [0.2, 0.25) is 0 Å². The van der Waals surface area contributed by atoms with E-state index in [9.17, 15) is 19.7 Å². The molecule has 0 atom stereocenters. The maximum absolute atomic E-state index is 13.2. The number of H-pyrrole nitrogens is 1. The van der Waals surface area contributed by atoms with Crippen molar-refractivity contribution >= 4 is 45.9 Å². The van der Waals surface area contributed by atoms with E-state index in [1.165, 1.54) is 12.1 Å². The summed E-state index contributed by atoms with van der Waals surface area (Å²) in [7, 11) is 1.85. The first-order valence-electron chi connectivity index (χ1n) is 11.6. The highest BCUT2D eigenvalue weighted by Gasteiger charge is 2.39. The van der Waals surface area contributed by atoms with Crippen LogP contribution in [0.1, 0.15) is 32.0 Å². The molecule has 38 heavy (non-hydrogen) atoms. The third-order valence-corrected chi connectivity index (χ3v) is 6.60. The summed E-state index contributed by atoms with van der Waals surface area (Å²) >= 11 is 0. The van der Waals surface area contributed by atoms with E-state index in [-0.39, 0.29) is 16.8 Å². The Bertz CT molecular complexity index is 1800. The molecule has 5 aromatic rings. The SMILES string of the molecule is Cc1cnc(Nc2cc(C)n(C)n2)nc1-c1c[nH]c2c(N3C(=O)c4ccc([N+](=O)[O-])cc4C3=O)cccc12. The summed E-state index contributed by atoms with van der Waals surface area (Å²) < 4.78 is 1.75. The number of aromatic amines is 1. The Hall–Kier alpha value is -5.39. The first-order chi connectivity index (χ1) is 18.2. The van der Waals surface area contributed by atoms with Gasteiger partial charge in [0, 0.05) is 54.3 Å². The molecule has 2 aromatic carbocycles. The number of aromatic nitrogens is 5. The lowest BCUT2D eigenvalue weighted by atomic mass is 10.1. The number of amides is 2. The largest absolute Gasteiger partial charge is 0.359 e. The van der Waals surface area contributed by atoms with E-state index in [2.05, 4.69) is 20.4 Å². The van der Waals surface area contributed by atoms with Gasteiger partial charge in [-0.1, -0.05) is 12.1 Å². The van der Waals surface area contributed by atoms with Crippen molar-refractivity contribution in [3.8, 4) is 11.3 Å². The summed E-state index contributed by atoms with van der Waals surface area (Å²) in [6.45, 7) is 3.84. The van der Waals surface area contributed by atoms with Crippen molar-refractivity contribution in [2.75, 3.05) is 10.2 Å². The minimum Gasteiger partial charge on any atom is -0.359 e. The molecular formula is C26H20N8O4. The third-order valence-electron chi connectivity index (χ3n) is 6.60. The summed E-state index contributed by atoms with van der Waals surface area (Å²) in [5.41, 5.74) is 3.99. The Balaban J connectivity index is 1.41. The van der Waals surface area contributed by atoms with Crippen molar-refractivity contribution in [1.82, 2.24) is 24.7 Å². The molecule has 188 valence electrons. The van der Waals surface area contributed by atoms with E-state index in [0.717, 1.165) is 33.2 Å². The van der Waals surface area contributed by atoms with Gasteiger partial charge in [-0.3, -0.25) is 24.4 Å². The van der Waals surface area contributed by atoms with Crippen LogP contribution in [0, 0.1) is 24.0 Å². The highest BCUT2D eigenvalue weighted by Crippen LogP contribution is 2.38. The molecule has 2 N–H and O–H groups in total. The Morgan fingerprint density at radius 1 is 1.03 bits per heavy atom. The average Bonchev–Trinajstić information content (AvgIpc) is 3.54. The molecule has 0 radical (unpaired) electrons. The Morgan fingerprint density at radius 3 is 2.55 bits per heavy atom. The number of para-hydroxylation sites is 1. The number of hydrogen-bond acceptors (Lipinski definition) is 8. The minimum absolute atomic E-state index is 0.0000943. The van der Waals surface area contributed by atoms with Crippen molar-refractivity contribution in [2.24, 2.45) is 7.05 Å². The number of anilines is 3. The number of benzene rings is 2. The molecule has 4 heterocycles. The molecule has 2 amide bonds. The van der Waals surface area contributed by atoms with Crippen molar-refractivity contribution in [1.29, 1.82) is 0 Å². The van der Waals surface area contributed by atoms with E-state index in [0.29, 0.717) is 28.7 Å². The molecule has 0 unspecified atom stereocenters. The Labute approximate surface area is 215 Å². The molecule has 0 saturated heterocycles. The molecule has 12 heteroatoms. The van der Waals surface area contributed by atoms with E-state index >= 15 is 0 Å². The van der Waals surface area contributed by atoms with E-state index in [1.807, 2.05) is 33.0 Å². The number of fused-ring (bicyclic) bond motifs is 2. The van der Waals surface area contributed by atoms with Gasteiger partial charge < -0.3 is 10.3 Å². The standard InChI is InChI=1S/C26H20N8O4/c1-13-11-28-26(29-21-9-14(2)32(3)31-21)30-22(13)19-12-27-23-16(19)5-4-6-20(23)33-24(35)17-8-7-15(34(37)38)10-18(17)25(33)36/h4-12,27H,1-3H3,(H,28,29,30,31). The second-order valence-electron chi connectivity index (χ2n) is 8.98. The number of aryl methyl sites for hydroxylation is 3. The number of nitrogens with zero attached hydrogens (tertiary/aromatic N) is 6. The molecule has 0 fully saturated rings. The number of nitro benzene ring substituents is 1. The van der Waals surface area contributed by atoms with Gasteiger partial charge >= 0.3 is 0 Å². The smallest absolute Gasteiger partial charge is 0.270 e. The summed E-state index contributed by atoms with van der Waals surface area (Å²) in [5, 5.41) is 19.4. The van der Waals surface area contributed by atoms with Crippen LogP contribution in [0.25, 0.3) is 22.2 Å². The number of rotatable bonds is 5. The Morgan fingerprint density at radius 2 is 1.82 bits per heavy atom. The van der Waals surface area contributed by atoms with Gasteiger partial charge in [-0.25, -0.2) is 14.9 Å². The summed E-state index contributed by atoms with van der Waals surface area (Å²) in [6.07, 6.45) is 3.47. The van der Waals surface area contributed by atoms with Crippen molar-refractivity contribution in [2.45, 2.75) is 13.8 Å². The number of carbonyl (C=O) groups is 2. The molecular weight excluding hydrogens is 488 g/mol. The van der Waals surface area contributed by atoms with Crippen LogP contribution in [-0.2, 0) is 7.05 Å². The fourth-order valence-corrected chi connectivity index (χ4v) is 4.59. The molecule has 1 aliphatic heterocycles. The minimum atomic E-state index is -0.618. The van der Waals surface area contributed by atoms with Crippen LogP contribution in [-0.4, -0.2) is 41.5 Å². The lowest BCUT2D eigenvalue weighted by Gasteiger charge is -2.15. The third kappa shape index (κ3) is 3.50. The first kappa shape index (κ1) is 23.0. The van der Waals surface area contributed by atoms with Gasteiger partial charge in [0.1, 0.15) is 0 Å². The number of carbonyl (C=O) groups excluding carboxylic acids is 2. The number of nitrogens with one attached hydrogen (secondary N) is 2. The summed E-state index contributed by atoms with van der Waals surface area (Å²) in [5.74, 6) is -0.172. The van der Waals surface area contributed by atoms with E-state index in [1.54, 1.807) is 29.2 Å². The van der Waals surface area contributed by atoms with Crippen LogP contribution in [0.15, 0.2) is 54.9 Å². The van der Waals surface area contributed by atoms with Crippen LogP contribution >= 0.6 is 0 Å². The van der Waals surface area contributed by atoms with Gasteiger partial charge in [-0.15, -0.1) is 0 Å². The normalized spacial score (nSPS) is 12.9. The zero-order valence-corrected chi connectivity index (χ0v) is 20.5. The van der Waals surface area contributed by atoms with Gasteiger partial charge in [0.05, 0.1) is 32.9 Å². The molecule has 6 rings (SSSR count). The zero-order chi connectivity index (χ0) is 26.7. The predicted molar refractivity (Wildman–Crippen MR) is 140 cm³/mol. The second kappa shape index (κ2) is 8.34. The lowest BCUT2D eigenvalue weighted by molar-refractivity contribution is -0.384. The number of hydrogen-bond donors (Lipinski definition) is 2. The molecule has 0 bridgehead atoms. The van der Waals surface area contributed by atoms with Crippen molar-refractivity contribution < 1.29 is 14.5 Å². The maximum atomic E-state index is 13.2. The monoisotopic (exact) mass is 508 g/mol. The lowest BCUT2D eigenvalue weighted by Crippen LogP contribution is -2.29. The van der Waals surface area contributed by atoms with E-state index in [4.69, 9.17) is 4.98 Å². The number of imide groups is 1. The van der Waals surface area contributed by atoms with Gasteiger partial charge in [0.25, 0.3) is 17.5 Å². The van der Waals surface area contributed by atoms with Gasteiger partial charge in [-0.05, 0) is 31.5 Å². The summed E-state index contributed by atoms with van der Waals surface area (Å²) in [6, 6.07) is 10.8. The van der Waals surface area contributed by atoms with Crippen LogP contribution < -0.4 is 10.2 Å². The fraction of sp³-hybridized carbons (Fsp3) is 0.115. The number of non-ortho nitro benzene ring substituents is 1. The van der Waals surface area contributed by atoms with Crippen molar-refractivity contribution in [3.63, 3.8) is 0 Å². The maximum Gasteiger partial charge on any atom is 0.270 e. The van der Waals surface area contributed by atoms with Crippen LogP contribution in [0.5, 0.6) is 0 Å². The fourth-order valence-electron chi connectivity index (χ4n) is 4.59. The highest BCUT2D eigenvalue weighted by atomic mass is 16.6. The van der Waals surface area contributed by atoms with Crippen LogP contribution in [0.4, 0.5) is 23.1 Å². The number of nitro groups is 1. The molecule has 0 spiro atoms. The molecule has 0 saturated carbocycles. The zero-order valence-electron chi connectivity index (χ0n) is 20.5. The Kier molecular flexibility index (Phi) is 5.05. The molecule has 3 aromatic heterocycles. The molecule has 1 aliphatic rings.